The van der Waals surface area contributed by atoms with E-state index >= 15 is 0 Å². The molecule has 0 aromatic heterocycles. The number of ether oxygens (including phenoxy) is 2. The highest BCUT2D eigenvalue weighted by Gasteiger charge is 2.71. The van der Waals surface area contributed by atoms with Crippen molar-refractivity contribution in [1.29, 1.82) is 0 Å². The standard InChI is InChI=1S/C28H27NO4/c1-32-23-14-12-22(13-15-23)19-29-25-27(31)33-28(25,17-16-20-8-4-2-5-9-20)24(26(29)30)18-21-10-6-3-7-11-21/h2-15,24-25H,16-19H2,1H3/t24-,25?,28+/m0/s1. The molecule has 2 heterocycles. The fraction of sp³-hybridized carbons (Fsp3) is 0.286. The van der Waals surface area contributed by atoms with Crippen LogP contribution in [0.5, 0.6) is 5.75 Å². The zero-order chi connectivity index (χ0) is 22.8. The monoisotopic (exact) mass is 441 g/mol. The second-order valence-corrected chi connectivity index (χ2v) is 8.82. The maximum atomic E-state index is 13.7. The summed E-state index contributed by atoms with van der Waals surface area (Å²) in [5, 5.41) is 0. The van der Waals surface area contributed by atoms with E-state index < -0.39 is 17.6 Å². The largest absolute Gasteiger partial charge is 0.497 e. The molecule has 0 N–H and O–H groups in total. The molecular weight excluding hydrogens is 414 g/mol. The predicted molar refractivity (Wildman–Crippen MR) is 125 cm³/mol. The Bertz CT molecular complexity index is 1130. The Morgan fingerprint density at radius 3 is 2.09 bits per heavy atom. The van der Waals surface area contributed by atoms with Crippen molar-refractivity contribution < 1.29 is 19.1 Å². The van der Waals surface area contributed by atoms with Crippen molar-refractivity contribution in [2.24, 2.45) is 5.92 Å². The van der Waals surface area contributed by atoms with Gasteiger partial charge in [0.15, 0.2) is 11.6 Å². The van der Waals surface area contributed by atoms with Crippen molar-refractivity contribution in [1.82, 2.24) is 4.90 Å². The van der Waals surface area contributed by atoms with Crippen LogP contribution in [-0.2, 0) is 33.7 Å². The van der Waals surface area contributed by atoms with Crippen molar-refractivity contribution in [2.75, 3.05) is 7.11 Å². The smallest absolute Gasteiger partial charge is 0.333 e. The summed E-state index contributed by atoms with van der Waals surface area (Å²) in [5.74, 6) is 0.0392. The summed E-state index contributed by atoms with van der Waals surface area (Å²) in [7, 11) is 1.62. The van der Waals surface area contributed by atoms with E-state index in [4.69, 9.17) is 9.47 Å². The minimum atomic E-state index is -0.799. The van der Waals surface area contributed by atoms with Gasteiger partial charge in [-0.2, -0.15) is 0 Å². The number of rotatable bonds is 8. The van der Waals surface area contributed by atoms with Crippen molar-refractivity contribution in [3.8, 4) is 5.75 Å². The van der Waals surface area contributed by atoms with Gasteiger partial charge in [-0.25, -0.2) is 4.79 Å². The minimum absolute atomic E-state index is 0.0152. The first kappa shape index (κ1) is 21.3. The Kier molecular flexibility index (Phi) is 5.63. The Hall–Kier alpha value is -3.60. The molecule has 5 heteroatoms. The molecule has 3 atom stereocenters. The molecule has 0 bridgehead atoms. The van der Waals surface area contributed by atoms with Gasteiger partial charge in [0.05, 0.1) is 13.0 Å². The van der Waals surface area contributed by atoms with E-state index in [0.29, 0.717) is 19.4 Å². The van der Waals surface area contributed by atoms with E-state index in [9.17, 15) is 9.59 Å². The summed E-state index contributed by atoms with van der Waals surface area (Å²) in [4.78, 5) is 28.2. The third-order valence-electron chi connectivity index (χ3n) is 6.90. The van der Waals surface area contributed by atoms with Crippen molar-refractivity contribution >= 4 is 11.9 Å². The molecular formula is C28H27NO4. The van der Waals surface area contributed by atoms with Gasteiger partial charge in [0.25, 0.3) is 0 Å². The molecule has 0 radical (unpaired) electrons. The molecule has 3 aromatic carbocycles. The third-order valence-corrected chi connectivity index (χ3v) is 6.90. The summed E-state index contributed by atoms with van der Waals surface area (Å²) >= 11 is 0. The molecule has 33 heavy (non-hydrogen) atoms. The van der Waals surface area contributed by atoms with Gasteiger partial charge < -0.3 is 14.4 Å². The van der Waals surface area contributed by atoms with Crippen LogP contribution in [0.3, 0.4) is 0 Å². The highest BCUT2D eigenvalue weighted by Crippen LogP contribution is 2.50. The van der Waals surface area contributed by atoms with Gasteiger partial charge in [0.1, 0.15) is 5.75 Å². The van der Waals surface area contributed by atoms with Crippen LogP contribution in [0.4, 0.5) is 0 Å². The van der Waals surface area contributed by atoms with Crippen molar-refractivity contribution in [2.45, 2.75) is 37.5 Å². The second-order valence-electron chi connectivity index (χ2n) is 8.82. The molecule has 2 aliphatic rings. The topological polar surface area (TPSA) is 55.8 Å². The molecule has 2 aliphatic heterocycles. The maximum absolute atomic E-state index is 13.7. The van der Waals surface area contributed by atoms with E-state index in [1.807, 2.05) is 72.8 Å². The number of carbonyl (C=O) groups excluding carboxylic acids is 2. The van der Waals surface area contributed by atoms with E-state index in [1.54, 1.807) is 12.0 Å². The first-order chi connectivity index (χ1) is 16.1. The molecule has 2 saturated heterocycles. The SMILES string of the molecule is COc1ccc(CN2C(=O)[C@H](Cc3ccccc3)[C@@]3(CCc4ccccc4)OC(=O)C23)cc1. The lowest BCUT2D eigenvalue weighted by Crippen LogP contribution is -2.65. The summed E-state index contributed by atoms with van der Waals surface area (Å²) in [6.07, 6.45) is 1.92. The highest BCUT2D eigenvalue weighted by molar-refractivity contribution is 5.97. The van der Waals surface area contributed by atoms with Crippen LogP contribution >= 0.6 is 0 Å². The molecule has 3 aromatic rings. The molecule has 5 nitrogen and oxygen atoms in total. The highest BCUT2D eigenvalue weighted by atomic mass is 16.6. The normalized spacial score (nSPS) is 23.6. The van der Waals surface area contributed by atoms with Gasteiger partial charge in [-0.3, -0.25) is 4.79 Å². The van der Waals surface area contributed by atoms with Crippen molar-refractivity contribution in [3.63, 3.8) is 0 Å². The number of nitrogens with zero attached hydrogens (tertiary/aromatic N) is 1. The third kappa shape index (κ3) is 3.88. The number of hydrogen-bond acceptors (Lipinski definition) is 4. The molecule has 1 unspecified atom stereocenters. The van der Waals surface area contributed by atoms with Crippen LogP contribution in [0.15, 0.2) is 84.9 Å². The first-order valence-electron chi connectivity index (χ1n) is 11.3. The van der Waals surface area contributed by atoms with Crippen LogP contribution in [0.2, 0.25) is 0 Å². The minimum Gasteiger partial charge on any atom is -0.497 e. The number of esters is 1. The van der Waals surface area contributed by atoms with Crippen LogP contribution in [0.25, 0.3) is 0 Å². The number of benzene rings is 3. The van der Waals surface area contributed by atoms with Crippen LogP contribution in [0.1, 0.15) is 23.1 Å². The Balaban J connectivity index is 1.45. The van der Waals surface area contributed by atoms with Crippen LogP contribution < -0.4 is 4.74 Å². The van der Waals surface area contributed by atoms with Gasteiger partial charge in [-0.15, -0.1) is 0 Å². The first-order valence-corrected chi connectivity index (χ1v) is 11.3. The number of methoxy groups -OCH3 is 1. The molecule has 0 saturated carbocycles. The van der Waals surface area contributed by atoms with Crippen LogP contribution in [-0.4, -0.2) is 35.5 Å². The van der Waals surface area contributed by atoms with Crippen LogP contribution in [0, 0.1) is 5.92 Å². The summed E-state index contributed by atoms with van der Waals surface area (Å²) < 4.78 is 11.2. The molecule has 1 amide bonds. The van der Waals surface area contributed by atoms with Gasteiger partial charge in [-0.05, 0) is 48.1 Å². The number of amides is 1. The lowest BCUT2D eigenvalue weighted by atomic mass is 9.74. The second kappa shape index (κ2) is 8.74. The fourth-order valence-electron chi connectivity index (χ4n) is 5.18. The predicted octanol–water partition coefficient (Wildman–Crippen LogP) is 4.19. The summed E-state index contributed by atoms with van der Waals surface area (Å²) in [6, 6.07) is 27.2. The Morgan fingerprint density at radius 1 is 0.848 bits per heavy atom. The average molecular weight is 442 g/mol. The lowest BCUT2D eigenvalue weighted by molar-refractivity contribution is -0.212. The zero-order valence-corrected chi connectivity index (χ0v) is 18.6. The number of likely N-dealkylation sites (tertiary alicyclic amines) is 1. The van der Waals surface area contributed by atoms with E-state index in [1.165, 1.54) is 5.56 Å². The number of fused-ring (bicyclic) bond motifs is 1. The van der Waals surface area contributed by atoms with E-state index in [2.05, 4.69) is 12.1 Å². The molecule has 2 fully saturated rings. The fourth-order valence-corrected chi connectivity index (χ4v) is 5.18. The number of carbonyl (C=O) groups is 2. The maximum Gasteiger partial charge on any atom is 0.333 e. The quantitative estimate of drug-likeness (QED) is 0.492. The molecule has 168 valence electrons. The van der Waals surface area contributed by atoms with Gasteiger partial charge in [-0.1, -0.05) is 72.8 Å². The zero-order valence-electron chi connectivity index (χ0n) is 18.6. The molecule has 5 rings (SSSR count). The number of aryl methyl sites for hydroxylation is 1. The van der Waals surface area contributed by atoms with E-state index in [-0.39, 0.29) is 11.9 Å². The van der Waals surface area contributed by atoms with Gasteiger partial charge in [0, 0.05) is 6.54 Å². The average Bonchev–Trinajstić information content (AvgIpc) is 3.02. The summed E-state index contributed by atoms with van der Waals surface area (Å²) in [5.41, 5.74) is 2.41. The number of hydrogen-bond donors (Lipinski definition) is 0. The molecule has 0 spiro atoms. The van der Waals surface area contributed by atoms with E-state index in [0.717, 1.165) is 23.3 Å². The van der Waals surface area contributed by atoms with Gasteiger partial charge in [0.2, 0.25) is 5.91 Å². The van der Waals surface area contributed by atoms with Crippen molar-refractivity contribution in [3.05, 3.63) is 102 Å². The molecule has 0 aliphatic carbocycles. The summed E-state index contributed by atoms with van der Waals surface area (Å²) in [6.45, 7) is 0.376. The van der Waals surface area contributed by atoms with Gasteiger partial charge >= 0.3 is 5.97 Å². The Morgan fingerprint density at radius 2 is 1.48 bits per heavy atom. The lowest BCUT2D eigenvalue weighted by Gasteiger charge is -2.47. The Labute approximate surface area is 193 Å².